The number of pyridine rings is 1. The first-order chi connectivity index (χ1) is 8.22. The van der Waals surface area contributed by atoms with Crippen LogP contribution >= 0.6 is 15.9 Å². The number of hydrogen-bond donors (Lipinski definition) is 0. The summed E-state index contributed by atoms with van der Waals surface area (Å²) in [5.74, 6) is 0. The van der Waals surface area contributed by atoms with Gasteiger partial charge in [0.1, 0.15) is 0 Å². The lowest BCUT2D eigenvalue weighted by Crippen LogP contribution is -2.42. The number of nitrogens with zero attached hydrogens (tertiary/aromatic N) is 2. The maximum absolute atomic E-state index is 4.63. The van der Waals surface area contributed by atoms with Gasteiger partial charge in [-0.25, -0.2) is 0 Å². The number of fused-ring (bicyclic) bond motifs is 2. The highest BCUT2D eigenvalue weighted by atomic mass is 79.9. The first kappa shape index (κ1) is 11.7. The van der Waals surface area contributed by atoms with Crippen LogP contribution < -0.4 is 0 Å². The molecule has 2 unspecified atom stereocenters. The van der Waals surface area contributed by atoms with Gasteiger partial charge in [-0.15, -0.1) is 0 Å². The minimum absolute atomic E-state index is 0.738. The monoisotopic (exact) mass is 294 g/mol. The van der Waals surface area contributed by atoms with E-state index in [4.69, 9.17) is 0 Å². The van der Waals surface area contributed by atoms with Crippen molar-refractivity contribution in [2.24, 2.45) is 0 Å². The quantitative estimate of drug-likeness (QED) is 0.778. The van der Waals surface area contributed by atoms with Gasteiger partial charge in [0.25, 0.3) is 0 Å². The van der Waals surface area contributed by atoms with E-state index in [1.165, 1.54) is 31.4 Å². The van der Waals surface area contributed by atoms with Gasteiger partial charge < -0.3 is 0 Å². The average Bonchev–Trinajstić information content (AvgIpc) is 2.54. The molecule has 3 heteroatoms. The molecule has 92 valence electrons. The normalized spacial score (nSPS) is 32.9. The molecule has 0 radical (unpaired) electrons. The Labute approximate surface area is 112 Å². The van der Waals surface area contributed by atoms with Crippen LogP contribution in [-0.4, -0.2) is 26.8 Å². The molecule has 0 saturated carbocycles. The van der Waals surface area contributed by atoms with E-state index >= 15 is 0 Å². The summed E-state index contributed by atoms with van der Waals surface area (Å²) in [4.78, 5) is 8.05. The average molecular weight is 295 g/mol. The number of piperidine rings is 1. The fourth-order valence-corrected chi connectivity index (χ4v) is 4.20. The molecule has 2 aliphatic rings. The number of hydrogen-bond acceptors (Lipinski definition) is 2. The number of aryl methyl sites for hydroxylation is 1. The van der Waals surface area contributed by atoms with Crippen molar-refractivity contribution in [3.05, 3.63) is 29.6 Å². The Bertz CT molecular complexity index is 393. The van der Waals surface area contributed by atoms with Gasteiger partial charge in [0.2, 0.25) is 0 Å². The van der Waals surface area contributed by atoms with Crippen LogP contribution in [0.15, 0.2) is 18.2 Å². The van der Waals surface area contributed by atoms with Gasteiger partial charge in [-0.05, 0) is 44.7 Å². The molecule has 0 aliphatic carbocycles. The summed E-state index contributed by atoms with van der Waals surface area (Å²) >= 11 is 3.79. The zero-order valence-electron chi connectivity index (χ0n) is 10.3. The van der Waals surface area contributed by atoms with E-state index in [-0.39, 0.29) is 0 Å². The van der Waals surface area contributed by atoms with Crippen LogP contribution in [0.4, 0.5) is 0 Å². The second-order valence-corrected chi connectivity index (χ2v) is 6.69. The van der Waals surface area contributed by atoms with E-state index in [0.29, 0.717) is 0 Å². The summed E-state index contributed by atoms with van der Waals surface area (Å²) in [6.07, 6.45) is 5.36. The van der Waals surface area contributed by atoms with Gasteiger partial charge in [0.05, 0.1) is 5.69 Å². The summed E-state index contributed by atoms with van der Waals surface area (Å²) in [6, 6.07) is 7.91. The van der Waals surface area contributed by atoms with Crippen molar-refractivity contribution in [1.82, 2.24) is 9.88 Å². The van der Waals surface area contributed by atoms with Crippen LogP contribution in [0.1, 0.15) is 37.1 Å². The molecular formula is C14H19BrN2. The third-order valence-corrected chi connectivity index (χ3v) is 4.87. The van der Waals surface area contributed by atoms with Gasteiger partial charge >= 0.3 is 0 Å². The van der Waals surface area contributed by atoms with E-state index in [0.717, 1.165) is 29.1 Å². The Morgan fingerprint density at radius 1 is 1.29 bits per heavy atom. The third kappa shape index (κ3) is 2.41. The molecule has 2 nitrogen and oxygen atoms in total. The molecule has 0 N–H and O–H groups in total. The fraction of sp³-hybridized carbons (Fsp3) is 0.643. The summed E-state index contributed by atoms with van der Waals surface area (Å²) in [7, 11) is 0. The molecule has 3 heterocycles. The predicted octanol–water partition coefficient (Wildman–Crippen LogP) is 3.28. The van der Waals surface area contributed by atoms with Gasteiger partial charge in [-0.2, -0.15) is 0 Å². The minimum atomic E-state index is 0.738. The van der Waals surface area contributed by atoms with Crippen LogP contribution in [-0.2, 0) is 6.54 Å². The Balaban J connectivity index is 1.74. The number of rotatable bonds is 2. The molecule has 0 aromatic carbocycles. The van der Waals surface area contributed by atoms with Gasteiger partial charge in [-0.1, -0.05) is 22.0 Å². The second-order valence-electron chi connectivity index (χ2n) is 5.40. The highest BCUT2D eigenvalue weighted by Crippen LogP contribution is 2.39. The Morgan fingerprint density at radius 3 is 2.65 bits per heavy atom. The van der Waals surface area contributed by atoms with Crippen molar-refractivity contribution in [3.63, 3.8) is 0 Å². The van der Waals surface area contributed by atoms with Gasteiger partial charge in [0, 0.05) is 29.1 Å². The van der Waals surface area contributed by atoms with E-state index in [9.17, 15) is 0 Å². The molecular weight excluding hydrogens is 276 g/mol. The van der Waals surface area contributed by atoms with Crippen molar-refractivity contribution >= 4 is 15.9 Å². The van der Waals surface area contributed by atoms with Crippen molar-refractivity contribution in [2.75, 3.05) is 0 Å². The Hall–Kier alpha value is -0.410. The third-order valence-electron chi connectivity index (χ3n) is 4.12. The van der Waals surface area contributed by atoms with Gasteiger partial charge in [0.15, 0.2) is 0 Å². The molecule has 0 spiro atoms. The van der Waals surface area contributed by atoms with Crippen LogP contribution in [0.2, 0.25) is 0 Å². The Morgan fingerprint density at radius 2 is 2.00 bits per heavy atom. The predicted molar refractivity (Wildman–Crippen MR) is 73.3 cm³/mol. The smallest absolute Gasteiger partial charge is 0.0547 e. The maximum Gasteiger partial charge on any atom is 0.0547 e. The topological polar surface area (TPSA) is 16.1 Å². The second kappa shape index (κ2) is 4.69. The molecule has 2 aliphatic heterocycles. The highest BCUT2D eigenvalue weighted by molar-refractivity contribution is 9.09. The first-order valence-corrected chi connectivity index (χ1v) is 7.46. The van der Waals surface area contributed by atoms with E-state index in [2.05, 4.69) is 50.9 Å². The number of alkyl halides is 1. The molecule has 0 amide bonds. The largest absolute Gasteiger partial charge is 0.292 e. The molecule has 1 aromatic heterocycles. The van der Waals surface area contributed by atoms with E-state index < -0.39 is 0 Å². The molecule has 2 bridgehead atoms. The lowest BCUT2D eigenvalue weighted by molar-refractivity contribution is 0.135. The van der Waals surface area contributed by atoms with Crippen LogP contribution in [0.5, 0.6) is 0 Å². The first-order valence-electron chi connectivity index (χ1n) is 6.55. The van der Waals surface area contributed by atoms with Crippen molar-refractivity contribution in [2.45, 2.75) is 56.1 Å². The van der Waals surface area contributed by atoms with Gasteiger partial charge in [-0.3, -0.25) is 9.88 Å². The molecule has 3 rings (SSSR count). The van der Waals surface area contributed by atoms with Crippen molar-refractivity contribution < 1.29 is 0 Å². The van der Waals surface area contributed by atoms with Crippen LogP contribution in [0.3, 0.4) is 0 Å². The summed E-state index contributed by atoms with van der Waals surface area (Å²) in [5, 5.41) is 0. The Kier molecular flexibility index (Phi) is 3.22. The lowest BCUT2D eigenvalue weighted by Gasteiger charge is -2.36. The molecule has 2 atom stereocenters. The zero-order chi connectivity index (χ0) is 11.8. The SMILES string of the molecule is Cc1cccc(CN2C3CCC2CC(Br)C3)n1. The highest BCUT2D eigenvalue weighted by Gasteiger charge is 2.39. The van der Waals surface area contributed by atoms with Crippen molar-refractivity contribution in [1.29, 1.82) is 0 Å². The zero-order valence-corrected chi connectivity index (χ0v) is 11.9. The van der Waals surface area contributed by atoms with E-state index in [1.54, 1.807) is 0 Å². The number of halogens is 1. The molecule has 1 aromatic rings. The molecule has 17 heavy (non-hydrogen) atoms. The summed E-state index contributed by atoms with van der Waals surface area (Å²) in [6.45, 7) is 3.11. The standard InChI is InChI=1S/C14H19BrN2/c1-10-3-2-4-12(16-10)9-17-13-5-6-14(17)8-11(15)7-13/h2-4,11,13-14H,5-9H2,1H3. The number of aromatic nitrogens is 1. The molecule has 2 saturated heterocycles. The van der Waals surface area contributed by atoms with E-state index in [1.807, 2.05) is 0 Å². The lowest BCUT2D eigenvalue weighted by atomic mass is 10.0. The maximum atomic E-state index is 4.63. The van der Waals surface area contributed by atoms with Crippen molar-refractivity contribution in [3.8, 4) is 0 Å². The summed E-state index contributed by atoms with van der Waals surface area (Å²) in [5.41, 5.74) is 2.36. The molecule has 2 fully saturated rings. The minimum Gasteiger partial charge on any atom is -0.292 e. The van der Waals surface area contributed by atoms with Crippen LogP contribution in [0, 0.1) is 6.92 Å². The summed E-state index contributed by atoms with van der Waals surface area (Å²) < 4.78 is 0. The fourth-order valence-electron chi connectivity index (χ4n) is 3.34. The van der Waals surface area contributed by atoms with Crippen LogP contribution in [0.25, 0.3) is 0 Å².